The second-order valence-corrected chi connectivity index (χ2v) is 3.15. The molecule has 0 saturated carbocycles. The molecule has 3 nitrogen and oxygen atoms in total. The van der Waals surface area contributed by atoms with Gasteiger partial charge in [0.05, 0.1) is 12.2 Å². The number of rotatable bonds is 1. The SMILES string of the molecule is CON=S1C=CN=C1C. The first kappa shape index (κ1) is 6.64. The number of aliphatic imine (C=N–C) groups is 1. The van der Waals surface area contributed by atoms with Gasteiger partial charge < -0.3 is 0 Å². The van der Waals surface area contributed by atoms with Crippen molar-refractivity contribution in [2.24, 2.45) is 9.52 Å². The molecule has 1 unspecified atom stereocenters. The van der Waals surface area contributed by atoms with Crippen molar-refractivity contribution in [3.63, 3.8) is 0 Å². The van der Waals surface area contributed by atoms with E-state index >= 15 is 0 Å². The molecule has 50 valence electrons. The lowest BCUT2D eigenvalue weighted by atomic mass is 10.8. The van der Waals surface area contributed by atoms with Gasteiger partial charge in [-0.2, -0.15) is 0 Å². The van der Waals surface area contributed by atoms with Gasteiger partial charge in [0, 0.05) is 22.3 Å². The molecular formula is C5H8N2OS. The zero-order valence-electron chi connectivity index (χ0n) is 5.37. The summed E-state index contributed by atoms with van der Waals surface area (Å²) in [5.41, 5.74) is 0. The Hall–Kier alpha value is -0.480. The van der Waals surface area contributed by atoms with E-state index in [0.717, 1.165) is 5.04 Å². The third kappa shape index (κ3) is 1.46. The molecule has 0 fully saturated rings. The van der Waals surface area contributed by atoms with E-state index in [1.54, 1.807) is 13.3 Å². The molecule has 0 N–H and O–H groups in total. The van der Waals surface area contributed by atoms with E-state index in [1.165, 1.54) is 0 Å². The lowest BCUT2D eigenvalue weighted by molar-refractivity contribution is 0.221. The molecule has 1 aliphatic heterocycles. The van der Waals surface area contributed by atoms with Crippen LogP contribution in [0.3, 0.4) is 0 Å². The highest BCUT2D eigenvalue weighted by Crippen LogP contribution is 2.03. The first-order chi connectivity index (χ1) is 4.34. The molecule has 1 heterocycles. The van der Waals surface area contributed by atoms with Gasteiger partial charge in [-0.25, -0.2) is 4.84 Å². The van der Waals surface area contributed by atoms with E-state index in [0.29, 0.717) is 0 Å². The summed E-state index contributed by atoms with van der Waals surface area (Å²) in [5, 5.41) is 2.93. The van der Waals surface area contributed by atoms with E-state index < -0.39 is 0 Å². The summed E-state index contributed by atoms with van der Waals surface area (Å²) in [7, 11) is 1.35. The van der Waals surface area contributed by atoms with Gasteiger partial charge in [0.2, 0.25) is 0 Å². The Morgan fingerprint density at radius 2 is 2.56 bits per heavy atom. The molecule has 9 heavy (non-hydrogen) atoms. The lowest BCUT2D eigenvalue weighted by Gasteiger charge is -1.91. The average molecular weight is 144 g/mol. The van der Waals surface area contributed by atoms with Crippen molar-refractivity contribution in [1.82, 2.24) is 0 Å². The molecule has 0 aliphatic carbocycles. The van der Waals surface area contributed by atoms with Gasteiger partial charge in [0.25, 0.3) is 0 Å². The Balaban J connectivity index is 2.74. The molecule has 0 spiro atoms. The molecule has 0 amide bonds. The van der Waals surface area contributed by atoms with Crippen molar-refractivity contribution in [3.8, 4) is 0 Å². The van der Waals surface area contributed by atoms with Gasteiger partial charge in [-0.05, 0) is 6.92 Å². The van der Waals surface area contributed by atoms with Crippen molar-refractivity contribution in [1.29, 1.82) is 0 Å². The van der Waals surface area contributed by atoms with Crippen LogP contribution in [0, 0.1) is 0 Å². The second-order valence-electron chi connectivity index (χ2n) is 1.50. The number of hydrogen-bond donors (Lipinski definition) is 0. The maximum absolute atomic E-state index is 4.60. The Labute approximate surface area is 56.5 Å². The number of hydrogen-bond acceptors (Lipinski definition) is 3. The van der Waals surface area contributed by atoms with E-state index in [9.17, 15) is 0 Å². The van der Waals surface area contributed by atoms with Crippen LogP contribution < -0.4 is 0 Å². The average Bonchev–Trinajstić information content (AvgIpc) is 2.18. The first-order valence-corrected chi connectivity index (χ1v) is 3.77. The normalized spacial score (nSPS) is 25.1. The summed E-state index contributed by atoms with van der Waals surface area (Å²) in [6.45, 7) is 1.94. The van der Waals surface area contributed by atoms with Gasteiger partial charge in [-0.1, -0.05) is 0 Å². The highest BCUT2D eigenvalue weighted by atomic mass is 32.2. The highest BCUT2D eigenvalue weighted by Gasteiger charge is 2.00. The smallest absolute Gasteiger partial charge is 0.0874 e. The van der Waals surface area contributed by atoms with E-state index in [2.05, 4.69) is 14.4 Å². The van der Waals surface area contributed by atoms with Crippen LogP contribution in [-0.4, -0.2) is 12.2 Å². The van der Waals surface area contributed by atoms with E-state index in [1.807, 2.05) is 12.3 Å². The van der Waals surface area contributed by atoms with Crippen LogP contribution in [0.25, 0.3) is 0 Å². The Bertz CT molecular complexity index is 195. The molecule has 0 aromatic heterocycles. The summed E-state index contributed by atoms with van der Waals surface area (Å²) >= 11 is 0. The fourth-order valence-corrected chi connectivity index (χ4v) is 1.36. The Morgan fingerprint density at radius 3 is 3.00 bits per heavy atom. The molecular weight excluding hydrogens is 136 g/mol. The van der Waals surface area contributed by atoms with Gasteiger partial charge >= 0.3 is 0 Å². The zero-order chi connectivity index (χ0) is 6.69. The molecule has 0 aromatic rings. The minimum atomic E-state index is -0.200. The van der Waals surface area contributed by atoms with Crippen LogP contribution >= 0.6 is 0 Å². The van der Waals surface area contributed by atoms with Gasteiger partial charge in [0.15, 0.2) is 0 Å². The predicted molar refractivity (Wildman–Crippen MR) is 39.1 cm³/mol. The van der Waals surface area contributed by atoms with Crippen LogP contribution in [0.1, 0.15) is 6.92 Å². The summed E-state index contributed by atoms with van der Waals surface area (Å²) in [4.78, 5) is 8.61. The summed E-state index contributed by atoms with van der Waals surface area (Å²) in [5.74, 6) is 0. The fraction of sp³-hybridized carbons (Fsp3) is 0.400. The van der Waals surface area contributed by atoms with Crippen molar-refractivity contribution in [2.75, 3.05) is 7.11 Å². The Kier molecular flexibility index (Phi) is 2.13. The minimum absolute atomic E-state index is 0.200. The molecule has 4 heteroatoms. The first-order valence-electron chi connectivity index (χ1n) is 2.53. The molecule has 0 saturated heterocycles. The molecule has 0 bridgehead atoms. The second kappa shape index (κ2) is 2.89. The third-order valence-corrected chi connectivity index (χ3v) is 2.30. The third-order valence-electron chi connectivity index (χ3n) is 0.904. The van der Waals surface area contributed by atoms with Gasteiger partial charge in [-0.15, -0.1) is 4.53 Å². The summed E-state index contributed by atoms with van der Waals surface area (Å²) in [6, 6.07) is 0. The maximum atomic E-state index is 4.60. The molecule has 0 aromatic carbocycles. The number of nitrogens with zero attached hydrogens (tertiary/aromatic N) is 2. The van der Waals surface area contributed by atoms with Crippen molar-refractivity contribution in [3.05, 3.63) is 11.6 Å². The van der Waals surface area contributed by atoms with Crippen LogP contribution in [-0.2, 0) is 15.5 Å². The maximum Gasteiger partial charge on any atom is 0.0874 e. The van der Waals surface area contributed by atoms with Crippen LogP contribution in [0.5, 0.6) is 0 Å². The van der Waals surface area contributed by atoms with Crippen molar-refractivity contribution < 1.29 is 4.84 Å². The summed E-state index contributed by atoms with van der Waals surface area (Å²) < 4.78 is 3.81. The lowest BCUT2D eigenvalue weighted by Crippen LogP contribution is -1.93. The molecule has 1 atom stereocenters. The fourth-order valence-electron chi connectivity index (χ4n) is 0.505. The standard InChI is InChI=1S/C5H8N2OS/c1-5-6-3-4-9(5)7-8-2/h3-4H,1-2H3. The topological polar surface area (TPSA) is 34.0 Å². The molecule has 0 radical (unpaired) electrons. The highest BCUT2D eigenvalue weighted by molar-refractivity contribution is 8.05. The predicted octanol–water partition coefficient (Wildman–Crippen LogP) is 1.25. The van der Waals surface area contributed by atoms with Gasteiger partial charge in [-0.3, -0.25) is 4.99 Å². The van der Waals surface area contributed by atoms with Crippen LogP contribution in [0.15, 0.2) is 21.1 Å². The summed E-state index contributed by atoms with van der Waals surface area (Å²) in [6.07, 6.45) is 1.75. The largest absolute Gasteiger partial charge is 0.253 e. The van der Waals surface area contributed by atoms with Crippen molar-refractivity contribution in [2.45, 2.75) is 6.92 Å². The van der Waals surface area contributed by atoms with Crippen molar-refractivity contribution >= 4 is 15.7 Å². The monoisotopic (exact) mass is 144 g/mol. The minimum Gasteiger partial charge on any atom is -0.253 e. The van der Waals surface area contributed by atoms with Gasteiger partial charge in [0.1, 0.15) is 0 Å². The molecule has 1 rings (SSSR count). The quantitative estimate of drug-likeness (QED) is 0.510. The van der Waals surface area contributed by atoms with Crippen LogP contribution in [0.4, 0.5) is 0 Å². The Morgan fingerprint density at radius 1 is 1.78 bits per heavy atom. The van der Waals surface area contributed by atoms with E-state index in [4.69, 9.17) is 0 Å². The van der Waals surface area contributed by atoms with E-state index in [-0.39, 0.29) is 10.7 Å². The zero-order valence-corrected chi connectivity index (χ0v) is 6.18. The molecule has 1 aliphatic rings. The van der Waals surface area contributed by atoms with Crippen LogP contribution in [0.2, 0.25) is 0 Å².